The summed E-state index contributed by atoms with van der Waals surface area (Å²) in [7, 11) is -2.30. The second kappa shape index (κ2) is 9.29. The zero-order valence-corrected chi connectivity index (χ0v) is 20.3. The Bertz CT molecular complexity index is 1360. The average molecular weight is 527 g/mol. The van der Waals surface area contributed by atoms with E-state index in [1.807, 2.05) is 18.2 Å². The molecule has 4 rings (SSSR count). The van der Waals surface area contributed by atoms with Crippen molar-refractivity contribution < 1.29 is 26.4 Å². The third-order valence-electron chi connectivity index (χ3n) is 6.19. The minimum Gasteiger partial charge on any atom is -0.347 e. The first-order valence-electron chi connectivity index (χ1n) is 10.6. The number of nitrogens with one attached hydrogen (secondary N) is 1. The third kappa shape index (κ3) is 4.80. The quantitative estimate of drug-likeness (QED) is 0.545. The van der Waals surface area contributed by atoms with Crippen LogP contribution in [0.1, 0.15) is 33.1 Å². The van der Waals surface area contributed by atoms with Gasteiger partial charge in [-0.25, -0.2) is 8.42 Å². The molecular formula is C23H22ClF3N4O3S. The zero-order valence-electron chi connectivity index (χ0n) is 18.8. The number of carbonyl (C=O) groups excluding carboxylic acids is 1. The Hall–Kier alpha value is -2.89. The summed E-state index contributed by atoms with van der Waals surface area (Å²) >= 11 is 5.93. The fourth-order valence-corrected chi connectivity index (χ4v) is 6.19. The van der Waals surface area contributed by atoms with Crippen molar-refractivity contribution in [3.63, 3.8) is 0 Å². The molecule has 1 aliphatic rings. The van der Waals surface area contributed by atoms with E-state index in [-0.39, 0.29) is 23.5 Å². The highest BCUT2D eigenvalue weighted by molar-refractivity contribution is 7.89. The van der Waals surface area contributed by atoms with Gasteiger partial charge in [-0.05, 0) is 24.6 Å². The van der Waals surface area contributed by atoms with Gasteiger partial charge in [-0.15, -0.1) is 0 Å². The smallest absolute Gasteiger partial charge is 0.347 e. The molecule has 1 saturated heterocycles. The number of alkyl halides is 3. The Kier molecular flexibility index (Phi) is 6.69. The van der Waals surface area contributed by atoms with Gasteiger partial charge in [0.15, 0.2) is 0 Å². The Balaban J connectivity index is 1.66. The predicted molar refractivity (Wildman–Crippen MR) is 124 cm³/mol. The Labute approximate surface area is 205 Å². The van der Waals surface area contributed by atoms with E-state index in [1.165, 1.54) is 21.3 Å². The largest absolute Gasteiger partial charge is 0.417 e. The first kappa shape index (κ1) is 25.2. The third-order valence-corrected chi connectivity index (χ3v) is 8.53. The summed E-state index contributed by atoms with van der Waals surface area (Å²) in [5.74, 6) is -1.25. The van der Waals surface area contributed by atoms with Crippen molar-refractivity contribution >= 4 is 27.5 Å². The number of sulfonamides is 1. The van der Waals surface area contributed by atoms with Gasteiger partial charge in [-0.2, -0.15) is 22.6 Å². The minimum atomic E-state index is -4.72. The highest BCUT2D eigenvalue weighted by Gasteiger charge is 2.42. The molecule has 1 aromatic heterocycles. The van der Waals surface area contributed by atoms with Crippen LogP contribution in [0.4, 0.5) is 13.2 Å². The van der Waals surface area contributed by atoms with Crippen LogP contribution in [-0.4, -0.2) is 47.5 Å². The normalized spacial score (nSPS) is 19.1. The van der Waals surface area contributed by atoms with Crippen LogP contribution in [0.3, 0.4) is 0 Å². The molecule has 1 N–H and O–H groups in total. The summed E-state index contributed by atoms with van der Waals surface area (Å²) in [6, 6.07) is 11.4. The molecule has 7 nitrogen and oxygen atoms in total. The van der Waals surface area contributed by atoms with E-state index >= 15 is 0 Å². The molecule has 12 heteroatoms. The second-order valence-electron chi connectivity index (χ2n) is 8.30. The molecule has 1 fully saturated rings. The number of aryl methyl sites for hydroxylation is 1. The highest BCUT2D eigenvalue weighted by Crippen LogP contribution is 2.37. The maximum absolute atomic E-state index is 13.4. The molecule has 0 saturated carbocycles. The van der Waals surface area contributed by atoms with E-state index < -0.39 is 44.7 Å². The number of hydrogen-bond donors (Lipinski definition) is 1. The lowest BCUT2D eigenvalue weighted by atomic mass is 9.94. The minimum absolute atomic E-state index is 0.0553. The second-order valence-corrected chi connectivity index (χ2v) is 10.6. The van der Waals surface area contributed by atoms with Crippen LogP contribution in [0.5, 0.6) is 0 Å². The first-order chi connectivity index (χ1) is 16.4. The van der Waals surface area contributed by atoms with Crippen molar-refractivity contribution in [2.24, 2.45) is 7.05 Å². The predicted octanol–water partition coefficient (Wildman–Crippen LogP) is 3.99. The van der Waals surface area contributed by atoms with Crippen molar-refractivity contribution in [3.05, 3.63) is 82.1 Å². The number of halogens is 4. The highest BCUT2D eigenvalue weighted by atomic mass is 35.5. The Morgan fingerprint density at radius 1 is 1.11 bits per heavy atom. The van der Waals surface area contributed by atoms with E-state index in [0.29, 0.717) is 5.69 Å². The van der Waals surface area contributed by atoms with E-state index in [1.54, 1.807) is 26.1 Å². The number of benzene rings is 2. The molecule has 2 atom stereocenters. The summed E-state index contributed by atoms with van der Waals surface area (Å²) in [5.41, 5.74) is -0.204. The van der Waals surface area contributed by atoms with Gasteiger partial charge in [0.05, 0.1) is 34.1 Å². The van der Waals surface area contributed by atoms with Crippen LogP contribution in [0.15, 0.2) is 59.6 Å². The van der Waals surface area contributed by atoms with Crippen LogP contribution < -0.4 is 5.32 Å². The van der Waals surface area contributed by atoms with E-state index in [9.17, 15) is 26.4 Å². The van der Waals surface area contributed by atoms with Gasteiger partial charge in [-0.3, -0.25) is 9.48 Å². The zero-order chi connectivity index (χ0) is 25.5. The standard InChI is InChI=1S/C23H22ClF3N4O3S/c1-14-20(11-28-30(14)2)35(33,34)31-12-17(15-7-4-3-5-8-15)19(13-31)29-22(32)16-9-6-10-18(21(16)24)23(25,26)27/h3-11,17,19H,12-13H2,1-2H3,(H,29,32)/t17-,19+/m0/s1. The molecule has 0 unspecified atom stereocenters. The van der Waals surface area contributed by atoms with Gasteiger partial charge in [-0.1, -0.05) is 48.0 Å². The van der Waals surface area contributed by atoms with Gasteiger partial charge < -0.3 is 5.32 Å². The summed E-state index contributed by atoms with van der Waals surface area (Å²) in [6.45, 7) is 1.64. The molecule has 2 heterocycles. The Morgan fingerprint density at radius 3 is 2.40 bits per heavy atom. The molecule has 0 radical (unpaired) electrons. The fourth-order valence-electron chi connectivity index (χ4n) is 4.19. The monoisotopic (exact) mass is 526 g/mol. The Morgan fingerprint density at radius 2 is 1.80 bits per heavy atom. The van der Waals surface area contributed by atoms with E-state index in [0.717, 1.165) is 17.7 Å². The molecular weight excluding hydrogens is 505 g/mol. The summed E-state index contributed by atoms with van der Waals surface area (Å²) in [6.07, 6.45) is -3.45. The fraction of sp³-hybridized carbons (Fsp3) is 0.304. The van der Waals surface area contributed by atoms with Gasteiger partial charge in [0.25, 0.3) is 5.91 Å². The molecule has 1 amide bonds. The lowest BCUT2D eigenvalue weighted by molar-refractivity contribution is -0.137. The molecule has 0 bridgehead atoms. The molecule has 1 aliphatic heterocycles. The molecule has 2 aromatic carbocycles. The molecule has 0 spiro atoms. The van der Waals surface area contributed by atoms with Gasteiger partial charge >= 0.3 is 6.18 Å². The SMILES string of the molecule is Cc1c(S(=O)(=O)N2C[C@@H](NC(=O)c3cccc(C(F)(F)F)c3Cl)[C@H](c3ccccc3)C2)cnn1C. The number of carbonyl (C=O) groups is 1. The van der Waals surface area contributed by atoms with Gasteiger partial charge in [0, 0.05) is 26.1 Å². The summed E-state index contributed by atoms with van der Waals surface area (Å²) in [5, 5.41) is 6.02. The topological polar surface area (TPSA) is 84.3 Å². The van der Waals surface area contributed by atoms with Crippen LogP contribution in [0.25, 0.3) is 0 Å². The van der Waals surface area contributed by atoms with Crippen LogP contribution >= 0.6 is 11.6 Å². The van der Waals surface area contributed by atoms with Crippen LogP contribution in [0.2, 0.25) is 5.02 Å². The molecule has 0 aliphatic carbocycles. The lowest BCUT2D eigenvalue weighted by Crippen LogP contribution is -2.40. The van der Waals surface area contributed by atoms with Crippen LogP contribution in [0, 0.1) is 6.92 Å². The average Bonchev–Trinajstić information content (AvgIpc) is 3.38. The van der Waals surface area contributed by atoms with Gasteiger partial charge in [0.2, 0.25) is 10.0 Å². The van der Waals surface area contributed by atoms with Crippen molar-refractivity contribution in [1.29, 1.82) is 0 Å². The van der Waals surface area contributed by atoms with E-state index in [2.05, 4.69) is 10.4 Å². The number of hydrogen-bond acceptors (Lipinski definition) is 4. The van der Waals surface area contributed by atoms with Crippen molar-refractivity contribution in [1.82, 2.24) is 19.4 Å². The van der Waals surface area contributed by atoms with Gasteiger partial charge in [0.1, 0.15) is 4.90 Å². The molecule has 35 heavy (non-hydrogen) atoms. The number of amides is 1. The van der Waals surface area contributed by atoms with Crippen molar-refractivity contribution in [2.45, 2.75) is 30.0 Å². The van der Waals surface area contributed by atoms with E-state index in [4.69, 9.17) is 11.6 Å². The summed E-state index contributed by atoms with van der Waals surface area (Å²) < 4.78 is 69.2. The lowest BCUT2D eigenvalue weighted by Gasteiger charge is -2.21. The number of rotatable bonds is 5. The molecule has 186 valence electrons. The number of nitrogens with zero attached hydrogens (tertiary/aromatic N) is 3. The maximum Gasteiger partial charge on any atom is 0.417 e. The molecule has 3 aromatic rings. The first-order valence-corrected chi connectivity index (χ1v) is 12.4. The van der Waals surface area contributed by atoms with Crippen LogP contribution in [-0.2, 0) is 23.2 Å². The van der Waals surface area contributed by atoms with Crippen molar-refractivity contribution in [3.8, 4) is 0 Å². The summed E-state index contributed by atoms with van der Waals surface area (Å²) in [4.78, 5) is 13.1. The number of aromatic nitrogens is 2. The maximum atomic E-state index is 13.4. The van der Waals surface area contributed by atoms with Crippen molar-refractivity contribution in [2.75, 3.05) is 13.1 Å².